The number of hydrogen-bond donors (Lipinski definition) is 0. The van der Waals surface area contributed by atoms with Gasteiger partial charge in [0.25, 0.3) is 5.69 Å². The predicted molar refractivity (Wildman–Crippen MR) is 112 cm³/mol. The molecule has 0 unspecified atom stereocenters. The van der Waals surface area contributed by atoms with E-state index in [0.29, 0.717) is 13.1 Å². The molecule has 0 bridgehead atoms. The van der Waals surface area contributed by atoms with Crippen molar-refractivity contribution < 1.29 is 27.7 Å². The summed E-state index contributed by atoms with van der Waals surface area (Å²) in [6, 6.07) is 11.4. The van der Waals surface area contributed by atoms with Gasteiger partial charge in [-0.25, -0.2) is 13.2 Å². The van der Waals surface area contributed by atoms with Crippen LogP contribution in [-0.2, 0) is 19.6 Å². The quantitative estimate of drug-likeness (QED) is 0.202. The van der Waals surface area contributed by atoms with E-state index in [1.54, 1.807) is 6.07 Å². The number of nitro groups is 1. The first-order chi connectivity index (χ1) is 14.8. The van der Waals surface area contributed by atoms with Crippen molar-refractivity contribution in [2.75, 3.05) is 19.7 Å². The Morgan fingerprint density at radius 3 is 2.35 bits per heavy atom. The molecule has 162 valence electrons. The number of esters is 1. The molecule has 0 aromatic heterocycles. The number of sulfonamides is 1. The smallest absolute Gasteiger partial charge is 0.331 e. The molecule has 3 rings (SSSR count). The summed E-state index contributed by atoms with van der Waals surface area (Å²) in [7, 11) is -3.57. The molecule has 10 heteroatoms. The summed E-state index contributed by atoms with van der Waals surface area (Å²) in [5, 5.41) is 11.0. The minimum absolute atomic E-state index is 0.107. The van der Waals surface area contributed by atoms with Crippen LogP contribution in [0.1, 0.15) is 28.8 Å². The maximum Gasteiger partial charge on any atom is 0.331 e. The van der Waals surface area contributed by atoms with E-state index in [1.807, 2.05) is 0 Å². The Labute approximate surface area is 179 Å². The fourth-order valence-electron chi connectivity index (χ4n) is 3.11. The van der Waals surface area contributed by atoms with Crippen molar-refractivity contribution in [2.24, 2.45) is 0 Å². The summed E-state index contributed by atoms with van der Waals surface area (Å²) in [5.41, 5.74) is 0.271. The van der Waals surface area contributed by atoms with Gasteiger partial charge < -0.3 is 4.74 Å². The molecule has 1 heterocycles. The molecule has 1 fully saturated rings. The van der Waals surface area contributed by atoms with Gasteiger partial charge in [0.1, 0.15) is 0 Å². The van der Waals surface area contributed by atoms with E-state index in [2.05, 4.69) is 0 Å². The number of benzene rings is 2. The van der Waals surface area contributed by atoms with Crippen LogP contribution in [-0.4, -0.2) is 49.1 Å². The molecule has 0 radical (unpaired) electrons. The molecule has 1 aliphatic heterocycles. The van der Waals surface area contributed by atoms with Crippen molar-refractivity contribution in [1.82, 2.24) is 4.31 Å². The third-order valence-corrected chi connectivity index (χ3v) is 6.67. The molecule has 31 heavy (non-hydrogen) atoms. The summed E-state index contributed by atoms with van der Waals surface area (Å²) < 4.78 is 31.3. The van der Waals surface area contributed by atoms with Crippen LogP contribution in [0.5, 0.6) is 0 Å². The van der Waals surface area contributed by atoms with Crippen LogP contribution in [0, 0.1) is 10.1 Å². The van der Waals surface area contributed by atoms with Gasteiger partial charge in [0, 0.05) is 30.8 Å². The minimum atomic E-state index is -3.57. The minimum Gasteiger partial charge on any atom is -0.454 e. The lowest BCUT2D eigenvalue weighted by atomic mass is 10.1. The van der Waals surface area contributed by atoms with E-state index >= 15 is 0 Å². The number of hydrogen-bond acceptors (Lipinski definition) is 7. The van der Waals surface area contributed by atoms with Crippen molar-refractivity contribution in [3.8, 4) is 0 Å². The number of nitro benzene ring substituents is 1. The molecule has 0 aliphatic carbocycles. The van der Waals surface area contributed by atoms with Gasteiger partial charge in [0.05, 0.1) is 15.4 Å². The van der Waals surface area contributed by atoms with Crippen molar-refractivity contribution in [2.45, 2.75) is 17.7 Å². The molecule has 0 amide bonds. The largest absolute Gasteiger partial charge is 0.454 e. The van der Waals surface area contributed by atoms with E-state index in [0.717, 1.165) is 18.9 Å². The van der Waals surface area contributed by atoms with E-state index < -0.39 is 33.3 Å². The Morgan fingerprint density at radius 2 is 1.71 bits per heavy atom. The SMILES string of the molecule is O=C(/C=C/c1ccccc1[N+](=O)[O-])OCC(=O)c1ccc(S(=O)(=O)N2CCCC2)cc1. The summed E-state index contributed by atoms with van der Waals surface area (Å²) in [6.45, 7) is 0.426. The molecule has 1 saturated heterocycles. The maximum absolute atomic E-state index is 12.5. The van der Waals surface area contributed by atoms with Gasteiger partial charge in [-0.1, -0.05) is 12.1 Å². The van der Waals surface area contributed by atoms with Crippen molar-refractivity contribution in [1.29, 1.82) is 0 Å². The number of Topliss-reactive ketones (excluding diaryl/α,β-unsaturated/α-hetero) is 1. The average molecular weight is 444 g/mol. The summed E-state index contributed by atoms with van der Waals surface area (Å²) in [5.74, 6) is -1.34. The Hall–Kier alpha value is -3.37. The Balaban J connectivity index is 1.58. The Bertz CT molecular complexity index is 1120. The van der Waals surface area contributed by atoms with Crippen molar-refractivity contribution in [3.63, 3.8) is 0 Å². The highest BCUT2D eigenvalue weighted by atomic mass is 32.2. The topological polar surface area (TPSA) is 124 Å². The summed E-state index contributed by atoms with van der Waals surface area (Å²) in [6.07, 6.45) is 3.89. The molecule has 2 aromatic carbocycles. The Morgan fingerprint density at radius 1 is 1.06 bits per heavy atom. The number of para-hydroxylation sites is 1. The second-order valence-electron chi connectivity index (χ2n) is 6.82. The first-order valence-electron chi connectivity index (χ1n) is 9.51. The number of ketones is 1. The molecule has 0 atom stereocenters. The van der Waals surface area contributed by atoms with E-state index in [1.165, 1.54) is 52.8 Å². The molecular formula is C21H20N2O7S. The first-order valence-corrected chi connectivity index (χ1v) is 10.9. The number of carbonyl (C=O) groups is 2. The predicted octanol–water partition coefficient (Wildman–Crippen LogP) is 2.82. The van der Waals surface area contributed by atoms with Crippen molar-refractivity contribution in [3.05, 3.63) is 75.8 Å². The van der Waals surface area contributed by atoms with Gasteiger partial charge in [-0.2, -0.15) is 4.31 Å². The number of nitrogens with zero attached hydrogens (tertiary/aromatic N) is 2. The van der Waals surface area contributed by atoms with Gasteiger partial charge in [0.15, 0.2) is 12.4 Å². The monoisotopic (exact) mass is 444 g/mol. The van der Waals surface area contributed by atoms with Crippen LogP contribution in [0.15, 0.2) is 59.5 Å². The van der Waals surface area contributed by atoms with Gasteiger partial charge >= 0.3 is 5.97 Å². The molecule has 0 spiro atoms. The van der Waals surface area contributed by atoms with E-state index in [9.17, 15) is 28.1 Å². The van der Waals surface area contributed by atoms with E-state index in [4.69, 9.17) is 4.74 Å². The second kappa shape index (κ2) is 9.63. The fourth-order valence-corrected chi connectivity index (χ4v) is 4.63. The van der Waals surface area contributed by atoms with Crippen LogP contribution >= 0.6 is 0 Å². The molecule has 1 aliphatic rings. The zero-order valence-electron chi connectivity index (χ0n) is 16.5. The fraction of sp³-hybridized carbons (Fsp3) is 0.238. The third kappa shape index (κ3) is 5.41. The molecule has 0 N–H and O–H groups in total. The lowest BCUT2D eigenvalue weighted by Crippen LogP contribution is -2.27. The standard InChI is InChI=1S/C21H20N2O7S/c24-20(15-30-21(25)12-9-16-5-1-2-6-19(16)23(26)27)17-7-10-18(11-8-17)31(28,29)22-13-3-4-14-22/h1-2,5-12H,3-4,13-15H2/b12-9+. The third-order valence-electron chi connectivity index (χ3n) is 4.76. The number of carbonyl (C=O) groups excluding carboxylic acids is 2. The average Bonchev–Trinajstić information content (AvgIpc) is 3.32. The highest BCUT2D eigenvalue weighted by molar-refractivity contribution is 7.89. The second-order valence-corrected chi connectivity index (χ2v) is 8.75. The van der Waals surface area contributed by atoms with Gasteiger partial charge in [0.2, 0.25) is 10.0 Å². The van der Waals surface area contributed by atoms with Gasteiger partial charge in [-0.15, -0.1) is 0 Å². The van der Waals surface area contributed by atoms with Gasteiger partial charge in [-0.3, -0.25) is 14.9 Å². The van der Waals surface area contributed by atoms with Gasteiger partial charge in [-0.05, 0) is 49.2 Å². The highest BCUT2D eigenvalue weighted by Crippen LogP contribution is 2.21. The van der Waals surface area contributed by atoms with Crippen LogP contribution in [0.2, 0.25) is 0 Å². The summed E-state index contributed by atoms with van der Waals surface area (Å²) >= 11 is 0. The molecule has 2 aromatic rings. The normalized spacial score (nSPS) is 14.6. The zero-order chi connectivity index (χ0) is 22.4. The van der Waals surface area contributed by atoms with Crippen LogP contribution < -0.4 is 0 Å². The maximum atomic E-state index is 12.5. The van der Waals surface area contributed by atoms with Crippen molar-refractivity contribution >= 4 is 33.5 Å². The van der Waals surface area contributed by atoms with Crippen LogP contribution in [0.4, 0.5) is 5.69 Å². The van der Waals surface area contributed by atoms with Crippen LogP contribution in [0.25, 0.3) is 6.08 Å². The van der Waals surface area contributed by atoms with Crippen LogP contribution in [0.3, 0.4) is 0 Å². The Kier molecular flexibility index (Phi) is 6.93. The molecule has 9 nitrogen and oxygen atoms in total. The molecular weight excluding hydrogens is 424 g/mol. The molecule has 0 saturated carbocycles. The summed E-state index contributed by atoms with van der Waals surface area (Å²) in [4.78, 5) is 34.6. The highest BCUT2D eigenvalue weighted by Gasteiger charge is 2.27. The van der Waals surface area contributed by atoms with E-state index in [-0.39, 0.29) is 21.7 Å². The first kappa shape index (κ1) is 22.3. The lowest BCUT2D eigenvalue weighted by Gasteiger charge is -2.15. The lowest BCUT2D eigenvalue weighted by molar-refractivity contribution is -0.385. The zero-order valence-corrected chi connectivity index (χ0v) is 17.3. The number of rotatable bonds is 8. The number of ether oxygens (including phenoxy) is 1.